The van der Waals surface area contributed by atoms with Gasteiger partial charge >= 0.3 is 11.7 Å². The Morgan fingerprint density at radius 3 is 2.48 bits per heavy atom. The van der Waals surface area contributed by atoms with Crippen molar-refractivity contribution >= 4 is 27.5 Å². The van der Waals surface area contributed by atoms with Gasteiger partial charge in [0.05, 0.1) is 5.39 Å². The predicted octanol–water partition coefficient (Wildman–Crippen LogP) is 2.42. The molecule has 0 bridgehead atoms. The van der Waals surface area contributed by atoms with Crippen LogP contribution in [0, 0.1) is 6.92 Å². The zero-order valence-corrected chi connectivity index (χ0v) is 13.2. The summed E-state index contributed by atoms with van der Waals surface area (Å²) in [6.07, 6.45) is -1.27. The highest BCUT2D eigenvalue weighted by Crippen LogP contribution is 2.27. The van der Waals surface area contributed by atoms with Crippen molar-refractivity contribution in [3.8, 4) is 0 Å². The number of aromatic carboxylic acids is 1. The maximum Gasteiger partial charge on any atom is 0.346 e. The molecule has 23 heavy (non-hydrogen) atoms. The minimum Gasteiger partial charge on any atom is -0.477 e. The SMILES string of the molecule is CCn1c(=O)c2c(C)c(C(=O)O)sc2n(CCC=C(F)F)c1=O. The summed E-state index contributed by atoms with van der Waals surface area (Å²) in [6.45, 7) is 3.16. The number of allylic oxidation sites excluding steroid dienone is 1. The molecular formula is C14H14F2N2O4S. The zero-order valence-electron chi connectivity index (χ0n) is 12.4. The standard InChI is InChI=1S/C14H14F2N2O4S/c1-3-17-11(19)9-7(2)10(13(20)21)23-12(9)18(14(17)22)6-4-5-8(15)16/h5H,3-4,6H2,1-2H3,(H,20,21). The summed E-state index contributed by atoms with van der Waals surface area (Å²) in [7, 11) is 0. The van der Waals surface area contributed by atoms with Crippen molar-refractivity contribution in [1.29, 1.82) is 0 Å². The smallest absolute Gasteiger partial charge is 0.346 e. The quantitative estimate of drug-likeness (QED) is 0.903. The molecule has 2 rings (SSSR count). The number of aromatic nitrogens is 2. The molecule has 1 N–H and O–H groups in total. The van der Waals surface area contributed by atoms with E-state index in [0.717, 1.165) is 15.9 Å². The van der Waals surface area contributed by atoms with Gasteiger partial charge in [-0.15, -0.1) is 11.3 Å². The molecule has 2 aromatic heterocycles. The molecule has 2 aromatic rings. The number of hydrogen-bond donors (Lipinski definition) is 1. The Bertz CT molecular complexity index is 919. The van der Waals surface area contributed by atoms with Crippen LogP contribution in [0.5, 0.6) is 0 Å². The first-order valence-corrected chi connectivity index (χ1v) is 7.62. The fourth-order valence-electron chi connectivity index (χ4n) is 2.38. The second-order valence-electron chi connectivity index (χ2n) is 4.81. The summed E-state index contributed by atoms with van der Waals surface area (Å²) in [5.74, 6) is -1.19. The molecule has 0 aliphatic rings. The predicted molar refractivity (Wildman–Crippen MR) is 82.6 cm³/mol. The van der Waals surface area contributed by atoms with Crippen LogP contribution in [0.25, 0.3) is 10.2 Å². The Balaban J connectivity index is 2.81. The van der Waals surface area contributed by atoms with Crippen LogP contribution in [-0.4, -0.2) is 20.2 Å². The maximum absolute atomic E-state index is 12.4. The van der Waals surface area contributed by atoms with Gasteiger partial charge in [-0.3, -0.25) is 13.9 Å². The van der Waals surface area contributed by atoms with E-state index < -0.39 is 23.3 Å². The summed E-state index contributed by atoms with van der Waals surface area (Å²) in [5.41, 5.74) is -0.904. The van der Waals surface area contributed by atoms with Gasteiger partial charge < -0.3 is 5.11 Å². The number of thiophene rings is 1. The lowest BCUT2D eigenvalue weighted by Crippen LogP contribution is -2.39. The van der Waals surface area contributed by atoms with E-state index in [-0.39, 0.29) is 40.2 Å². The van der Waals surface area contributed by atoms with E-state index in [0.29, 0.717) is 6.08 Å². The molecule has 0 unspecified atom stereocenters. The molecular weight excluding hydrogens is 330 g/mol. The van der Waals surface area contributed by atoms with Crippen molar-refractivity contribution in [1.82, 2.24) is 9.13 Å². The van der Waals surface area contributed by atoms with E-state index >= 15 is 0 Å². The monoisotopic (exact) mass is 344 g/mol. The van der Waals surface area contributed by atoms with Gasteiger partial charge in [-0.25, -0.2) is 9.59 Å². The van der Waals surface area contributed by atoms with Crippen LogP contribution in [0.15, 0.2) is 21.7 Å². The van der Waals surface area contributed by atoms with Crippen molar-refractivity contribution < 1.29 is 18.7 Å². The summed E-state index contributed by atoms with van der Waals surface area (Å²) in [5, 5.41) is 9.35. The van der Waals surface area contributed by atoms with Gasteiger partial charge in [0.25, 0.3) is 11.6 Å². The summed E-state index contributed by atoms with van der Waals surface area (Å²) in [6, 6.07) is 0. The first-order chi connectivity index (χ1) is 10.8. The highest BCUT2D eigenvalue weighted by Gasteiger charge is 2.22. The van der Waals surface area contributed by atoms with Crippen LogP contribution < -0.4 is 11.2 Å². The molecule has 0 aromatic carbocycles. The summed E-state index contributed by atoms with van der Waals surface area (Å²) < 4.78 is 26.5. The molecule has 0 amide bonds. The first kappa shape index (κ1) is 17.1. The van der Waals surface area contributed by atoms with Crippen LogP contribution >= 0.6 is 11.3 Å². The molecule has 0 atom stereocenters. The van der Waals surface area contributed by atoms with Crippen LogP contribution in [0.4, 0.5) is 8.78 Å². The largest absolute Gasteiger partial charge is 0.477 e. The number of fused-ring (bicyclic) bond motifs is 1. The number of halogens is 2. The van der Waals surface area contributed by atoms with E-state index in [2.05, 4.69) is 0 Å². The third kappa shape index (κ3) is 2.96. The summed E-state index contributed by atoms with van der Waals surface area (Å²) in [4.78, 5) is 36.2. The lowest BCUT2D eigenvalue weighted by molar-refractivity contribution is 0.0701. The van der Waals surface area contributed by atoms with Crippen LogP contribution in [0.1, 0.15) is 28.6 Å². The first-order valence-electron chi connectivity index (χ1n) is 6.80. The minimum absolute atomic E-state index is 0.0358. The molecule has 0 spiro atoms. The number of rotatable bonds is 5. The van der Waals surface area contributed by atoms with E-state index in [1.807, 2.05) is 0 Å². The van der Waals surface area contributed by atoms with E-state index in [1.54, 1.807) is 6.92 Å². The van der Waals surface area contributed by atoms with Crippen LogP contribution in [0.3, 0.4) is 0 Å². The number of carboxylic acid groups (broad SMARTS) is 1. The molecule has 0 radical (unpaired) electrons. The van der Waals surface area contributed by atoms with Crippen molar-refractivity contribution in [2.75, 3.05) is 0 Å². The van der Waals surface area contributed by atoms with Crippen molar-refractivity contribution in [3.63, 3.8) is 0 Å². The minimum atomic E-state index is -1.85. The van der Waals surface area contributed by atoms with Gasteiger partial charge in [0.15, 0.2) is 0 Å². The van der Waals surface area contributed by atoms with E-state index in [4.69, 9.17) is 0 Å². The molecule has 2 heterocycles. The maximum atomic E-state index is 12.4. The lowest BCUT2D eigenvalue weighted by Gasteiger charge is -2.09. The third-order valence-electron chi connectivity index (χ3n) is 3.46. The van der Waals surface area contributed by atoms with Gasteiger partial charge in [-0.1, -0.05) is 0 Å². The lowest BCUT2D eigenvalue weighted by atomic mass is 10.2. The van der Waals surface area contributed by atoms with Crippen molar-refractivity contribution in [3.05, 3.63) is 43.4 Å². The molecule has 6 nitrogen and oxygen atoms in total. The highest BCUT2D eigenvalue weighted by molar-refractivity contribution is 7.20. The zero-order chi connectivity index (χ0) is 17.3. The number of hydrogen-bond acceptors (Lipinski definition) is 4. The van der Waals surface area contributed by atoms with Gasteiger partial charge in [0.2, 0.25) is 0 Å². The van der Waals surface area contributed by atoms with E-state index in [1.165, 1.54) is 11.5 Å². The van der Waals surface area contributed by atoms with Gasteiger partial charge in [0, 0.05) is 13.1 Å². The number of aryl methyl sites for hydroxylation is 2. The van der Waals surface area contributed by atoms with Crippen molar-refractivity contribution in [2.45, 2.75) is 33.4 Å². The fraction of sp³-hybridized carbons (Fsp3) is 0.357. The number of nitrogens with zero attached hydrogens (tertiary/aromatic N) is 2. The number of carboxylic acids is 1. The van der Waals surface area contributed by atoms with Crippen LogP contribution in [-0.2, 0) is 13.1 Å². The second kappa shape index (κ2) is 6.45. The topological polar surface area (TPSA) is 81.3 Å². The average Bonchev–Trinajstić information content (AvgIpc) is 2.80. The molecule has 124 valence electrons. The Hall–Kier alpha value is -2.29. The fourth-order valence-corrected chi connectivity index (χ4v) is 3.54. The Labute approximate surface area is 132 Å². The summed E-state index contributed by atoms with van der Waals surface area (Å²) >= 11 is 0.807. The molecule has 0 fully saturated rings. The van der Waals surface area contributed by atoms with Gasteiger partial charge in [-0.2, -0.15) is 8.78 Å². The Morgan fingerprint density at radius 2 is 1.96 bits per heavy atom. The molecule has 0 aliphatic heterocycles. The van der Waals surface area contributed by atoms with Gasteiger partial charge in [0.1, 0.15) is 9.71 Å². The number of carbonyl (C=O) groups is 1. The Morgan fingerprint density at radius 1 is 1.30 bits per heavy atom. The van der Waals surface area contributed by atoms with E-state index in [9.17, 15) is 28.3 Å². The Kier molecular flexibility index (Phi) is 4.79. The second-order valence-corrected chi connectivity index (χ2v) is 5.81. The molecule has 9 heteroatoms. The third-order valence-corrected chi connectivity index (χ3v) is 4.76. The molecule has 0 saturated carbocycles. The normalized spacial score (nSPS) is 11.0. The van der Waals surface area contributed by atoms with Crippen LogP contribution in [0.2, 0.25) is 0 Å². The highest BCUT2D eigenvalue weighted by atomic mass is 32.1. The molecule has 0 aliphatic carbocycles. The van der Waals surface area contributed by atoms with Gasteiger partial charge in [-0.05, 0) is 31.9 Å². The average molecular weight is 344 g/mol. The molecule has 0 saturated heterocycles. The van der Waals surface area contributed by atoms with Crippen molar-refractivity contribution in [2.24, 2.45) is 0 Å².